The third-order valence-electron chi connectivity index (χ3n) is 3.91. The Morgan fingerprint density at radius 3 is 2.76 bits per heavy atom. The molecule has 4 rings (SSSR count). The first-order valence-electron chi connectivity index (χ1n) is 6.96. The number of rotatable bonds is 1. The van der Waals surface area contributed by atoms with Crippen LogP contribution in [0.1, 0.15) is 19.5 Å². The summed E-state index contributed by atoms with van der Waals surface area (Å²) in [4.78, 5) is 4.82. The highest BCUT2D eigenvalue weighted by molar-refractivity contribution is 5.76. The maximum atomic E-state index is 6.18. The summed E-state index contributed by atoms with van der Waals surface area (Å²) in [5.41, 5.74) is 3.41. The third kappa shape index (κ3) is 1.59. The van der Waals surface area contributed by atoms with Crippen LogP contribution < -0.4 is 9.47 Å². The number of ether oxygens (including phenoxy) is 2. The number of pyridine rings is 1. The zero-order valence-electron chi connectivity index (χ0n) is 12.3. The van der Waals surface area contributed by atoms with E-state index in [-0.39, 0.29) is 0 Å². The number of hydrogen-bond acceptors (Lipinski definition) is 3. The van der Waals surface area contributed by atoms with Gasteiger partial charge in [0.1, 0.15) is 17.0 Å². The van der Waals surface area contributed by atoms with Gasteiger partial charge in [0.05, 0.1) is 12.8 Å². The average Bonchev–Trinajstić information content (AvgIpc) is 2.87. The quantitative estimate of drug-likeness (QED) is 0.682. The molecule has 0 saturated carbocycles. The fourth-order valence-electron chi connectivity index (χ4n) is 3.04. The number of hydrogen-bond donors (Lipinski definition) is 0. The average molecular weight is 280 g/mol. The van der Waals surface area contributed by atoms with E-state index in [4.69, 9.17) is 14.5 Å². The van der Waals surface area contributed by atoms with E-state index >= 15 is 0 Å². The molecular weight excluding hydrogens is 264 g/mol. The second-order valence-corrected chi connectivity index (χ2v) is 5.69. The molecule has 21 heavy (non-hydrogen) atoms. The monoisotopic (exact) mass is 280 g/mol. The topological polar surface area (TPSA) is 35.8 Å². The molecule has 0 radical (unpaired) electrons. The molecule has 106 valence electrons. The summed E-state index contributed by atoms with van der Waals surface area (Å²) in [6.45, 7) is 4.13. The second-order valence-electron chi connectivity index (χ2n) is 5.69. The van der Waals surface area contributed by atoms with Gasteiger partial charge in [0.2, 0.25) is 0 Å². The lowest BCUT2D eigenvalue weighted by atomic mass is 9.95. The summed E-state index contributed by atoms with van der Waals surface area (Å²) in [5.74, 6) is 1.64. The van der Waals surface area contributed by atoms with Gasteiger partial charge in [-0.15, -0.1) is 0 Å². The van der Waals surface area contributed by atoms with Crippen LogP contribution in [0.25, 0.3) is 16.9 Å². The predicted molar refractivity (Wildman–Crippen MR) is 80.8 cm³/mol. The number of benzene rings is 1. The Morgan fingerprint density at radius 2 is 1.95 bits per heavy atom. The Kier molecular flexibility index (Phi) is 2.34. The summed E-state index contributed by atoms with van der Waals surface area (Å²) in [6.07, 6.45) is 2.00. The van der Waals surface area contributed by atoms with Crippen LogP contribution in [0.15, 0.2) is 42.6 Å². The molecule has 0 unspecified atom stereocenters. The van der Waals surface area contributed by atoms with Crippen molar-refractivity contribution in [1.82, 2.24) is 9.38 Å². The lowest BCUT2D eigenvalue weighted by Crippen LogP contribution is -2.30. The Labute approximate surface area is 123 Å². The van der Waals surface area contributed by atoms with Crippen molar-refractivity contribution >= 4 is 5.65 Å². The van der Waals surface area contributed by atoms with Crippen LogP contribution in [0.4, 0.5) is 0 Å². The maximum Gasteiger partial charge on any atom is 0.180 e. The Balaban J connectivity index is 2.14. The van der Waals surface area contributed by atoms with E-state index in [1.54, 1.807) is 7.11 Å². The largest absolute Gasteiger partial charge is 0.493 e. The molecular formula is C17H16N2O2. The molecule has 4 heteroatoms. The van der Waals surface area contributed by atoms with E-state index in [0.29, 0.717) is 0 Å². The summed E-state index contributed by atoms with van der Waals surface area (Å²) in [6, 6.07) is 11.9. The zero-order chi connectivity index (χ0) is 14.6. The van der Waals surface area contributed by atoms with Gasteiger partial charge >= 0.3 is 0 Å². The molecule has 3 heterocycles. The minimum absolute atomic E-state index is 0.449. The summed E-state index contributed by atoms with van der Waals surface area (Å²) >= 11 is 0. The van der Waals surface area contributed by atoms with Crippen LogP contribution in [0.5, 0.6) is 11.5 Å². The number of nitrogens with zero attached hydrogens (tertiary/aromatic N) is 2. The van der Waals surface area contributed by atoms with Gasteiger partial charge in [-0.2, -0.15) is 0 Å². The van der Waals surface area contributed by atoms with Crippen molar-refractivity contribution in [1.29, 1.82) is 0 Å². The van der Waals surface area contributed by atoms with E-state index in [0.717, 1.165) is 34.1 Å². The van der Waals surface area contributed by atoms with Crippen molar-refractivity contribution in [3.8, 4) is 22.8 Å². The van der Waals surface area contributed by atoms with Crippen LogP contribution in [0.2, 0.25) is 0 Å². The van der Waals surface area contributed by atoms with Gasteiger partial charge < -0.3 is 9.47 Å². The van der Waals surface area contributed by atoms with Gasteiger partial charge in [0.15, 0.2) is 11.4 Å². The zero-order valence-corrected chi connectivity index (χ0v) is 12.3. The first-order chi connectivity index (χ1) is 10.1. The fraction of sp³-hybridized carbons (Fsp3) is 0.235. The number of methoxy groups -OCH3 is 1. The summed E-state index contributed by atoms with van der Waals surface area (Å²) in [7, 11) is 1.67. The minimum Gasteiger partial charge on any atom is -0.493 e. The van der Waals surface area contributed by atoms with Crippen LogP contribution in [0, 0.1) is 0 Å². The molecule has 0 saturated heterocycles. The smallest absolute Gasteiger partial charge is 0.180 e. The molecule has 2 aromatic heterocycles. The summed E-state index contributed by atoms with van der Waals surface area (Å²) in [5, 5.41) is 0. The first kappa shape index (κ1) is 12.3. The van der Waals surface area contributed by atoms with Crippen molar-refractivity contribution in [2.24, 2.45) is 0 Å². The molecule has 0 amide bonds. The first-order valence-corrected chi connectivity index (χ1v) is 6.96. The predicted octanol–water partition coefficient (Wildman–Crippen LogP) is 3.64. The van der Waals surface area contributed by atoms with Gasteiger partial charge in [-0.1, -0.05) is 12.1 Å². The van der Waals surface area contributed by atoms with Crippen molar-refractivity contribution in [3.63, 3.8) is 0 Å². The standard InChI is InChI=1S/C17H16N2O2/c1-17(2)15-14(11-7-4-5-8-12(11)21-17)18-16-13(20-3)9-6-10-19(15)16/h4-10H,1-3H3. The van der Waals surface area contributed by atoms with Crippen molar-refractivity contribution in [3.05, 3.63) is 48.3 Å². The summed E-state index contributed by atoms with van der Waals surface area (Å²) < 4.78 is 13.7. The molecule has 1 aromatic carbocycles. The highest BCUT2D eigenvalue weighted by atomic mass is 16.5. The Bertz CT molecular complexity index is 849. The number of fused-ring (bicyclic) bond motifs is 5. The molecule has 0 atom stereocenters. The Hall–Kier alpha value is -2.49. The number of imidazole rings is 1. The van der Waals surface area contributed by atoms with Gasteiger partial charge in [0, 0.05) is 11.8 Å². The number of para-hydroxylation sites is 1. The fourth-order valence-corrected chi connectivity index (χ4v) is 3.04. The van der Waals surface area contributed by atoms with E-state index in [1.807, 2.05) is 42.6 Å². The molecule has 1 aliphatic rings. The Morgan fingerprint density at radius 1 is 1.14 bits per heavy atom. The minimum atomic E-state index is -0.449. The van der Waals surface area contributed by atoms with E-state index in [9.17, 15) is 0 Å². The van der Waals surface area contributed by atoms with Crippen molar-refractivity contribution in [2.45, 2.75) is 19.4 Å². The normalized spacial score (nSPS) is 15.2. The van der Waals surface area contributed by atoms with Gasteiger partial charge in [-0.05, 0) is 38.1 Å². The molecule has 0 aliphatic carbocycles. The molecule has 0 spiro atoms. The van der Waals surface area contributed by atoms with Crippen molar-refractivity contribution < 1.29 is 9.47 Å². The molecule has 1 aliphatic heterocycles. The van der Waals surface area contributed by atoms with Gasteiger partial charge in [-0.3, -0.25) is 4.40 Å². The van der Waals surface area contributed by atoms with Crippen LogP contribution in [-0.4, -0.2) is 16.5 Å². The van der Waals surface area contributed by atoms with Crippen LogP contribution in [-0.2, 0) is 5.60 Å². The highest BCUT2D eigenvalue weighted by Gasteiger charge is 2.37. The molecule has 4 nitrogen and oxygen atoms in total. The van der Waals surface area contributed by atoms with E-state index in [1.165, 1.54) is 0 Å². The SMILES string of the molecule is COc1cccn2c3c(nc12)-c1ccccc1OC3(C)C. The van der Waals surface area contributed by atoms with Gasteiger partial charge in [0.25, 0.3) is 0 Å². The van der Waals surface area contributed by atoms with E-state index in [2.05, 4.69) is 18.2 Å². The van der Waals surface area contributed by atoms with Crippen LogP contribution >= 0.6 is 0 Å². The molecule has 0 fully saturated rings. The third-order valence-corrected chi connectivity index (χ3v) is 3.91. The lowest BCUT2D eigenvalue weighted by Gasteiger charge is -2.32. The number of aromatic nitrogens is 2. The second kappa shape index (κ2) is 4.01. The highest BCUT2D eigenvalue weighted by Crippen LogP contribution is 2.45. The van der Waals surface area contributed by atoms with E-state index < -0.39 is 5.60 Å². The lowest BCUT2D eigenvalue weighted by molar-refractivity contribution is 0.0996. The van der Waals surface area contributed by atoms with Gasteiger partial charge in [-0.25, -0.2) is 4.98 Å². The van der Waals surface area contributed by atoms with Crippen LogP contribution in [0.3, 0.4) is 0 Å². The molecule has 0 bridgehead atoms. The molecule has 0 N–H and O–H groups in total. The maximum absolute atomic E-state index is 6.18. The van der Waals surface area contributed by atoms with Crippen molar-refractivity contribution in [2.75, 3.05) is 7.11 Å². The molecule has 3 aromatic rings.